The fraction of sp³-hybridized carbons (Fsp3) is 0.316. The lowest BCUT2D eigenvalue weighted by atomic mass is 9.92. The van der Waals surface area contributed by atoms with Gasteiger partial charge >= 0.3 is 0 Å². The Balaban J connectivity index is 2.47. The molecule has 0 atom stereocenters. The van der Waals surface area contributed by atoms with Gasteiger partial charge in [0.25, 0.3) is 0 Å². The quantitative estimate of drug-likeness (QED) is 0.578. The Bertz CT molecular complexity index is 637. The minimum absolute atomic E-state index is 0.405. The zero-order valence-electron chi connectivity index (χ0n) is 13.2. The van der Waals surface area contributed by atoms with Crippen LogP contribution in [0.1, 0.15) is 33.4 Å². The van der Waals surface area contributed by atoms with Gasteiger partial charge in [-0.05, 0) is 53.3 Å². The van der Waals surface area contributed by atoms with E-state index in [1.807, 2.05) is 36.6 Å². The van der Waals surface area contributed by atoms with Crippen LogP contribution in [0.15, 0.2) is 70.2 Å². The first-order valence-corrected chi connectivity index (χ1v) is 7.42. The minimum Gasteiger partial charge on any atom is -0.255 e. The van der Waals surface area contributed by atoms with E-state index in [1.165, 1.54) is 11.1 Å². The van der Waals surface area contributed by atoms with Gasteiger partial charge in [-0.2, -0.15) is 0 Å². The van der Waals surface area contributed by atoms with Crippen molar-refractivity contribution < 1.29 is 0 Å². The van der Waals surface area contributed by atoms with E-state index in [4.69, 9.17) is 4.99 Å². The Morgan fingerprint density at radius 3 is 2.57 bits per heavy atom. The van der Waals surface area contributed by atoms with Gasteiger partial charge < -0.3 is 0 Å². The van der Waals surface area contributed by atoms with E-state index in [0.29, 0.717) is 11.8 Å². The second-order valence-corrected chi connectivity index (χ2v) is 5.73. The van der Waals surface area contributed by atoms with Gasteiger partial charge in [0.15, 0.2) is 0 Å². The Labute approximate surface area is 127 Å². The molecule has 21 heavy (non-hydrogen) atoms. The van der Waals surface area contributed by atoms with E-state index >= 15 is 0 Å². The van der Waals surface area contributed by atoms with Gasteiger partial charge in [-0.3, -0.25) is 9.98 Å². The van der Waals surface area contributed by atoms with E-state index in [1.54, 1.807) is 6.20 Å². The summed E-state index contributed by atoms with van der Waals surface area (Å²) in [7, 11) is 0. The molecule has 0 saturated carbocycles. The third-order valence-electron chi connectivity index (χ3n) is 3.40. The summed E-state index contributed by atoms with van der Waals surface area (Å²) in [6, 6.07) is 5.84. The van der Waals surface area contributed by atoms with Crippen LogP contribution in [0.4, 0.5) is 0 Å². The average Bonchev–Trinajstić information content (AvgIpc) is 2.68. The van der Waals surface area contributed by atoms with Crippen molar-refractivity contribution >= 4 is 6.21 Å². The number of rotatable bonds is 4. The normalized spacial score (nSPS) is 15.2. The highest BCUT2D eigenvalue weighted by Crippen LogP contribution is 2.29. The van der Waals surface area contributed by atoms with Gasteiger partial charge in [-0.1, -0.05) is 33.8 Å². The third-order valence-corrected chi connectivity index (χ3v) is 3.40. The van der Waals surface area contributed by atoms with Crippen LogP contribution in [0.25, 0.3) is 0 Å². The maximum atomic E-state index is 4.75. The van der Waals surface area contributed by atoms with Crippen molar-refractivity contribution in [1.82, 2.24) is 4.98 Å². The molecule has 108 valence electrons. The second-order valence-electron chi connectivity index (χ2n) is 5.73. The van der Waals surface area contributed by atoms with Crippen LogP contribution in [-0.4, -0.2) is 11.2 Å². The van der Waals surface area contributed by atoms with Crippen LogP contribution in [0.5, 0.6) is 0 Å². The standard InChI is InChI=1S/C19H22N2/c1-14(2)17-10-5-6-11-18(15(3)4)19(17)21-13-16-9-7-8-12-20-16/h5,7-15H,1-4H3. The summed E-state index contributed by atoms with van der Waals surface area (Å²) in [6.07, 6.45) is 9.75. The largest absolute Gasteiger partial charge is 0.255 e. The fourth-order valence-electron chi connectivity index (χ4n) is 2.23. The van der Waals surface area contributed by atoms with E-state index < -0.39 is 0 Å². The molecule has 1 aromatic rings. The predicted molar refractivity (Wildman–Crippen MR) is 89.3 cm³/mol. The van der Waals surface area contributed by atoms with Crippen LogP contribution in [0.2, 0.25) is 0 Å². The first-order chi connectivity index (χ1) is 10.1. The third kappa shape index (κ3) is 3.90. The maximum Gasteiger partial charge on any atom is 0.0812 e. The van der Waals surface area contributed by atoms with E-state index in [9.17, 15) is 0 Å². The highest BCUT2D eigenvalue weighted by atomic mass is 14.8. The lowest BCUT2D eigenvalue weighted by Gasteiger charge is -2.16. The Morgan fingerprint density at radius 2 is 1.95 bits per heavy atom. The van der Waals surface area contributed by atoms with Crippen LogP contribution in [0, 0.1) is 11.8 Å². The van der Waals surface area contributed by atoms with Crippen molar-refractivity contribution in [3.8, 4) is 0 Å². The molecule has 0 amide bonds. The molecule has 0 spiro atoms. The summed E-state index contributed by atoms with van der Waals surface area (Å²) < 4.78 is 0. The second kappa shape index (κ2) is 7.01. The molecule has 0 fully saturated rings. The smallest absolute Gasteiger partial charge is 0.0812 e. The first-order valence-electron chi connectivity index (χ1n) is 7.42. The maximum absolute atomic E-state index is 4.75. The molecular weight excluding hydrogens is 256 g/mol. The molecule has 1 aromatic heterocycles. The zero-order valence-corrected chi connectivity index (χ0v) is 13.2. The van der Waals surface area contributed by atoms with Crippen molar-refractivity contribution in [3.63, 3.8) is 0 Å². The highest BCUT2D eigenvalue weighted by molar-refractivity contribution is 5.78. The molecule has 1 aliphatic rings. The fourth-order valence-corrected chi connectivity index (χ4v) is 2.23. The van der Waals surface area contributed by atoms with Crippen LogP contribution < -0.4 is 0 Å². The molecule has 1 aliphatic carbocycles. The molecule has 0 unspecified atom stereocenters. The van der Waals surface area contributed by atoms with E-state index in [0.717, 1.165) is 11.4 Å². The summed E-state index contributed by atoms with van der Waals surface area (Å²) in [5.41, 5.74) is 7.60. The Kier molecular flexibility index (Phi) is 5.08. The average molecular weight is 278 g/mol. The topological polar surface area (TPSA) is 25.2 Å². The van der Waals surface area contributed by atoms with Gasteiger partial charge in [0.1, 0.15) is 0 Å². The van der Waals surface area contributed by atoms with Gasteiger partial charge in [0.2, 0.25) is 0 Å². The number of allylic oxidation sites excluding steroid dienone is 4. The van der Waals surface area contributed by atoms with Crippen molar-refractivity contribution in [3.05, 3.63) is 70.9 Å². The molecular formula is C19H22N2. The molecule has 0 saturated heterocycles. The van der Waals surface area contributed by atoms with Crippen molar-refractivity contribution in [1.29, 1.82) is 0 Å². The SMILES string of the molecule is CC(C)C1=CC=C=CC(C(C)C)=C1N=Cc1ccccn1. The molecule has 2 heteroatoms. The highest BCUT2D eigenvalue weighted by Gasteiger charge is 2.15. The number of hydrogen-bond acceptors (Lipinski definition) is 2. The Hall–Kier alpha value is -2.18. The minimum atomic E-state index is 0.405. The van der Waals surface area contributed by atoms with Gasteiger partial charge in [0.05, 0.1) is 17.6 Å². The first kappa shape index (κ1) is 15.2. The van der Waals surface area contributed by atoms with Gasteiger partial charge in [-0.15, -0.1) is 5.73 Å². The number of hydrogen-bond donors (Lipinski definition) is 0. The monoisotopic (exact) mass is 278 g/mol. The van der Waals surface area contributed by atoms with Crippen molar-refractivity contribution in [2.75, 3.05) is 0 Å². The van der Waals surface area contributed by atoms with Crippen LogP contribution in [-0.2, 0) is 0 Å². The lowest BCUT2D eigenvalue weighted by Crippen LogP contribution is -2.03. The van der Waals surface area contributed by atoms with Gasteiger partial charge in [-0.25, -0.2) is 0 Å². The summed E-state index contributed by atoms with van der Waals surface area (Å²) in [4.78, 5) is 9.05. The molecule has 2 nitrogen and oxygen atoms in total. The predicted octanol–water partition coefficient (Wildman–Crippen LogP) is 4.72. The summed E-state index contributed by atoms with van der Waals surface area (Å²) in [5, 5.41) is 0. The van der Waals surface area contributed by atoms with E-state index in [-0.39, 0.29) is 0 Å². The molecule has 1 heterocycles. The van der Waals surface area contributed by atoms with Gasteiger partial charge in [0, 0.05) is 6.20 Å². The van der Waals surface area contributed by atoms with Crippen LogP contribution >= 0.6 is 0 Å². The lowest BCUT2D eigenvalue weighted by molar-refractivity contribution is 0.742. The number of aliphatic imine (C=N–C) groups is 1. The summed E-state index contributed by atoms with van der Waals surface area (Å²) in [6.45, 7) is 8.76. The number of nitrogens with zero attached hydrogens (tertiary/aromatic N) is 2. The summed E-state index contributed by atoms with van der Waals surface area (Å²) >= 11 is 0. The molecule has 2 rings (SSSR count). The molecule has 0 aromatic carbocycles. The van der Waals surface area contributed by atoms with Crippen molar-refractivity contribution in [2.24, 2.45) is 16.8 Å². The molecule has 0 radical (unpaired) electrons. The number of aromatic nitrogens is 1. The van der Waals surface area contributed by atoms with Crippen LogP contribution in [0.3, 0.4) is 0 Å². The zero-order chi connectivity index (χ0) is 15.2. The van der Waals surface area contributed by atoms with E-state index in [2.05, 4.69) is 44.5 Å². The molecule has 0 aliphatic heterocycles. The van der Waals surface area contributed by atoms with Crippen molar-refractivity contribution in [2.45, 2.75) is 27.7 Å². The Morgan fingerprint density at radius 1 is 1.14 bits per heavy atom. The number of pyridine rings is 1. The molecule has 0 bridgehead atoms. The molecule has 0 N–H and O–H groups in total. The summed E-state index contributed by atoms with van der Waals surface area (Å²) in [5.74, 6) is 0.821.